The number of hydrogen-bond acceptors (Lipinski definition) is 5. The van der Waals surface area contributed by atoms with Gasteiger partial charge in [-0.05, 0) is 25.7 Å². The molecule has 0 rings (SSSR count). The first-order chi connectivity index (χ1) is 10.7. The Bertz CT molecular complexity index is 233. The van der Waals surface area contributed by atoms with Crippen molar-refractivity contribution in [2.45, 2.75) is 78.4 Å². The summed E-state index contributed by atoms with van der Waals surface area (Å²) in [6.07, 6.45) is 4.97. The highest BCUT2D eigenvalue weighted by atomic mass is 16.7. The highest BCUT2D eigenvalue weighted by Crippen LogP contribution is 2.07. The van der Waals surface area contributed by atoms with E-state index >= 15 is 0 Å². The summed E-state index contributed by atoms with van der Waals surface area (Å²) in [6.45, 7) is 10.5. The Kier molecular flexibility index (Phi) is 14.5. The molecule has 0 saturated carbocycles. The predicted molar refractivity (Wildman–Crippen MR) is 87.2 cm³/mol. The zero-order chi connectivity index (χ0) is 16.6. The van der Waals surface area contributed by atoms with Gasteiger partial charge in [0.15, 0.2) is 0 Å². The predicted octanol–water partition coefficient (Wildman–Crippen LogP) is 4.33. The Balaban J connectivity index is 3.67. The third-order valence-corrected chi connectivity index (χ3v) is 3.35. The van der Waals surface area contributed by atoms with Gasteiger partial charge in [0.25, 0.3) is 0 Å². The summed E-state index contributed by atoms with van der Waals surface area (Å²) in [6, 6.07) is 0. The van der Waals surface area contributed by atoms with Gasteiger partial charge in [0.05, 0.1) is 25.4 Å². The molecule has 0 aliphatic rings. The Morgan fingerprint density at radius 3 is 1.45 bits per heavy atom. The van der Waals surface area contributed by atoms with Crippen LogP contribution in [0.4, 0.5) is 4.79 Å². The van der Waals surface area contributed by atoms with E-state index in [-0.39, 0.29) is 12.2 Å². The zero-order valence-corrected chi connectivity index (χ0v) is 14.8. The lowest BCUT2D eigenvalue weighted by atomic mass is 10.2. The first kappa shape index (κ1) is 21.2. The van der Waals surface area contributed by atoms with Crippen LogP contribution in [-0.4, -0.2) is 44.8 Å². The van der Waals surface area contributed by atoms with Crippen LogP contribution >= 0.6 is 0 Å². The monoisotopic (exact) mass is 318 g/mol. The fraction of sp³-hybridized carbons (Fsp3) is 0.941. The number of hydrogen-bond donors (Lipinski definition) is 0. The van der Waals surface area contributed by atoms with Crippen LogP contribution in [0.25, 0.3) is 0 Å². The molecule has 0 aromatic carbocycles. The third-order valence-electron chi connectivity index (χ3n) is 3.35. The number of ether oxygens (including phenoxy) is 4. The van der Waals surface area contributed by atoms with E-state index in [2.05, 4.69) is 27.7 Å². The van der Waals surface area contributed by atoms with Crippen LogP contribution in [0, 0.1) is 0 Å². The minimum Gasteiger partial charge on any atom is -0.434 e. The molecule has 0 heterocycles. The lowest BCUT2D eigenvalue weighted by Gasteiger charge is -2.16. The van der Waals surface area contributed by atoms with E-state index in [0.717, 1.165) is 38.9 Å². The van der Waals surface area contributed by atoms with Gasteiger partial charge in [0.2, 0.25) is 0 Å². The normalized spacial score (nSPS) is 13.6. The molecule has 0 spiro atoms. The lowest BCUT2D eigenvalue weighted by Crippen LogP contribution is -2.19. The molecule has 0 aromatic rings. The SMILES string of the molecule is CCCOC(CC)CCOC(=O)OCCC(CC)OCCC. The molecule has 0 aliphatic carbocycles. The first-order valence-corrected chi connectivity index (χ1v) is 8.70. The van der Waals surface area contributed by atoms with Crippen LogP contribution in [0.1, 0.15) is 66.2 Å². The Labute approximate surface area is 135 Å². The van der Waals surface area contributed by atoms with Gasteiger partial charge in [-0.1, -0.05) is 27.7 Å². The molecule has 0 aliphatic heterocycles. The second-order valence-electron chi connectivity index (χ2n) is 5.33. The maximum absolute atomic E-state index is 11.5. The van der Waals surface area contributed by atoms with Gasteiger partial charge in [-0.25, -0.2) is 4.79 Å². The fourth-order valence-electron chi connectivity index (χ4n) is 1.97. The molecular formula is C17H34O5. The summed E-state index contributed by atoms with van der Waals surface area (Å²) in [5.74, 6) is 0. The van der Waals surface area contributed by atoms with Gasteiger partial charge in [-0.3, -0.25) is 0 Å². The molecule has 2 atom stereocenters. The van der Waals surface area contributed by atoms with E-state index in [4.69, 9.17) is 18.9 Å². The first-order valence-electron chi connectivity index (χ1n) is 8.70. The van der Waals surface area contributed by atoms with Gasteiger partial charge in [0, 0.05) is 26.1 Å². The van der Waals surface area contributed by atoms with Crippen molar-refractivity contribution in [3.63, 3.8) is 0 Å². The third kappa shape index (κ3) is 11.8. The molecule has 0 fully saturated rings. The largest absolute Gasteiger partial charge is 0.508 e. The second kappa shape index (κ2) is 15.1. The maximum atomic E-state index is 11.5. The highest BCUT2D eigenvalue weighted by molar-refractivity contribution is 5.59. The molecule has 5 heteroatoms. The topological polar surface area (TPSA) is 54.0 Å². The molecule has 0 aromatic heterocycles. The van der Waals surface area contributed by atoms with Crippen LogP contribution < -0.4 is 0 Å². The van der Waals surface area contributed by atoms with Crippen LogP contribution in [0.5, 0.6) is 0 Å². The molecule has 5 nitrogen and oxygen atoms in total. The van der Waals surface area contributed by atoms with E-state index < -0.39 is 6.16 Å². The van der Waals surface area contributed by atoms with Crippen molar-refractivity contribution in [2.75, 3.05) is 26.4 Å². The average molecular weight is 318 g/mol. The van der Waals surface area contributed by atoms with Crippen molar-refractivity contribution >= 4 is 6.16 Å². The minimum atomic E-state index is -0.601. The van der Waals surface area contributed by atoms with Crippen LogP contribution in [0.3, 0.4) is 0 Å². The lowest BCUT2D eigenvalue weighted by molar-refractivity contribution is 0.00227. The average Bonchev–Trinajstić information content (AvgIpc) is 2.53. The van der Waals surface area contributed by atoms with Crippen molar-refractivity contribution in [1.82, 2.24) is 0 Å². The van der Waals surface area contributed by atoms with E-state index in [0.29, 0.717) is 26.1 Å². The summed E-state index contributed by atoms with van der Waals surface area (Å²) in [5, 5.41) is 0. The van der Waals surface area contributed by atoms with Gasteiger partial charge < -0.3 is 18.9 Å². The van der Waals surface area contributed by atoms with Crippen LogP contribution in [-0.2, 0) is 18.9 Å². The van der Waals surface area contributed by atoms with Crippen molar-refractivity contribution in [2.24, 2.45) is 0 Å². The second-order valence-corrected chi connectivity index (χ2v) is 5.33. The van der Waals surface area contributed by atoms with Gasteiger partial charge in [0.1, 0.15) is 0 Å². The summed E-state index contributed by atoms with van der Waals surface area (Å²) >= 11 is 0. The number of carbonyl (C=O) groups is 1. The van der Waals surface area contributed by atoms with E-state index in [1.165, 1.54) is 0 Å². The summed E-state index contributed by atoms with van der Waals surface area (Å²) in [4.78, 5) is 11.5. The highest BCUT2D eigenvalue weighted by Gasteiger charge is 2.11. The van der Waals surface area contributed by atoms with E-state index in [9.17, 15) is 4.79 Å². The molecule has 132 valence electrons. The Hall–Kier alpha value is -0.810. The molecule has 0 N–H and O–H groups in total. The zero-order valence-electron chi connectivity index (χ0n) is 14.8. The van der Waals surface area contributed by atoms with Crippen molar-refractivity contribution < 1.29 is 23.7 Å². The molecule has 0 bridgehead atoms. The molecule has 22 heavy (non-hydrogen) atoms. The Morgan fingerprint density at radius 2 is 1.14 bits per heavy atom. The molecule has 0 radical (unpaired) electrons. The standard InChI is InChI=1S/C17H34O5/c1-5-11-19-15(7-3)9-13-21-17(18)22-14-10-16(8-4)20-12-6-2/h15-16H,5-14H2,1-4H3. The fourth-order valence-corrected chi connectivity index (χ4v) is 1.97. The molecule has 0 amide bonds. The Morgan fingerprint density at radius 1 is 0.727 bits per heavy atom. The summed E-state index contributed by atoms with van der Waals surface area (Å²) in [5.41, 5.74) is 0. The summed E-state index contributed by atoms with van der Waals surface area (Å²) in [7, 11) is 0. The maximum Gasteiger partial charge on any atom is 0.508 e. The smallest absolute Gasteiger partial charge is 0.434 e. The van der Waals surface area contributed by atoms with Crippen molar-refractivity contribution in [1.29, 1.82) is 0 Å². The molecule has 0 saturated heterocycles. The quantitative estimate of drug-likeness (QED) is 0.446. The van der Waals surface area contributed by atoms with E-state index in [1.54, 1.807) is 0 Å². The van der Waals surface area contributed by atoms with Crippen molar-refractivity contribution in [3.8, 4) is 0 Å². The number of rotatable bonds is 14. The minimum absolute atomic E-state index is 0.152. The van der Waals surface area contributed by atoms with Gasteiger partial charge >= 0.3 is 6.16 Å². The van der Waals surface area contributed by atoms with Gasteiger partial charge in [-0.2, -0.15) is 0 Å². The number of carbonyl (C=O) groups excluding carboxylic acids is 1. The van der Waals surface area contributed by atoms with Crippen LogP contribution in [0.15, 0.2) is 0 Å². The summed E-state index contributed by atoms with van der Waals surface area (Å²) < 4.78 is 21.4. The van der Waals surface area contributed by atoms with Crippen LogP contribution in [0.2, 0.25) is 0 Å². The molecular weight excluding hydrogens is 284 g/mol. The van der Waals surface area contributed by atoms with Gasteiger partial charge in [-0.15, -0.1) is 0 Å². The van der Waals surface area contributed by atoms with E-state index in [1.807, 2.05) is 0 Å². The molecule has 2 unspecified atom stereocenters. The van der Waals surface area contributed by atoms with Crippen molar-refractivity contribution in [3.05, 3.63) is 0 Å².